The van der Waals surface area contributed by atoms with Crippen molar-refractivity contribution in [1.29, 1.82) is 0 Å². The molecule has 1 aromatic carbocycles. The van der Waals surface area contributed by atoms with Crippen LogP contribution in [-0.4, -0.2) is 74.2 Å². The summed E-state index contributed by atoms with van der Waals surface area (Å²) in [7, 11) is 1.93. The number of hydrogen-bond acceptors (Lipinski definition) is 8. The molecular formula is C33H35Cl2N7O3. The first kappa shape index (κ1) is 30.9. The summed E-state index contributed by atoms with van der Waals surface area (Å²) in [6.45, 7) is 13.1. The topological polar surface area (TPSA) is 108 Å². The Bertz CT molecular complexity index is 1910. The fourth-order valence-corrected chi connectivity index (χ4v) is 7.33. The number of aryl methyl sites for hydroxylation is 1. The highest BCUT2D eigenvalue weighted by Crippen LogP contribution is 2.48. The van der Waals surface area contributed by atoms with E-state index in [0.29, 0.717) is 54.3 Å². The first-order valence-electron chi connectivity index (χ1n) is 14.9. The van der Waals surface area contributed by atoms with E-state index in [4.69, 9.17) is 33.2 Å². The van der Waals surface area contributed by atoms with E-state index in [2.05, 4.69) is 16.5 Å². The van der Waals surface area contributed by atoms with E-state index in [1.54, 1.807) is 23.2 Å². The van der Waals surface area contributed by atoms with Crippen LogP contribution >= 0.6 is 23.2 Å². The quantitative estimate of drug-likeness (QED) is 0.280. The van der Waals surface area contributed by atoms with Gasteiger partial charge >= 0.3 is 5.69 Å². The molecule has 2 aliphatic rings. The van der Waals surface area contributed by atoms with E-state index >= 15 is 0 Å². The van der Waals surface area contributed by atoms with Gasteiger partial charge in [-0.25, -0.2) is 14.3 Å². The van der Waals surface area contributed by atoms with Crippen molar-refractivity contribution in [2.24, 2.45) is 0 Å². The van der Waals surface area contributed by atoms with Crippen molar-refractivity contribution in [3.05, 3.63) is 74.9 Å². The summed E-state index contributed by atoms with van der Waals surface area (Å²) in [5, 5.41) is 12.1. The Morgan fingerprint density at radius 2 is 1.91 bits per heavy atom. The summed E-state index contributed by atoms with van der Waals surface area (Å²) in [5.74, 6) is 0.222. The largest absolute Gasteiger partial charge is 0.507 e. The molecule has 10 nitrogen and oxygen atoms in total. The number of phenolic OH excluding ortho intramolecular Hbond substituents is 1. The molecule has 0 saturated carbocycles. The molecule has 3 aromatic heterocycles. The number of piperazine rings is 1. The maximum absolute atomic E-state index is 14.4. The summed E-state index contributed by atoms with van der Waals surface area (Å²) in [5.41, 5.74) is 3.08. The third-order valence-electron chi connectivity index (χ3n) is 8.77. The Labute approximate surface area is 271 Å². The minimum Gasteiger partial charge on any atom is -0.507 e. The predicted octanol–water partition coefficient (Wildman–Crippen LogP) is 5.72. The lowest BCUT2D eigenvalue weighted by atomic mass is 9.99. The van der Waals surface area contributed by atoms with Gasteiger partial charge < -0.3 is 19.8 Å². The second-order valence-electron chi connectivity index (χ2n) is 12.1. The molecule has 2 unspecified atom stereocenters. The summed E-state index contributed by atoms with van der Waals surface area (Å²) in [6.07, 6.45) is 3.73. The average Bonchev–Trinajstić information content (AvgIpc) is 2.99. The molecule has 0 aliphatic carbocycles. The molecule has 1 N–H and O–H groups in total. The van der Waals surface area contributed by atoms with Crippen LogP contribution in [0, 0.1) is 6.92 Å². The van der Waals surface area contributed by atoms with Gasteiger partial charge in [0, 0.05) is 38.9 Å². The minimum atomic E-state index is -0.524. The summed E-state index contributed by atoms with van der Waals surface area (Å²) >= 11 is 13.9. The molecule has 1 amide bonds. The van der Waals surface area contributed by atoms with Crippen molar-refractivity contribution in [1.82, 2.24) is 24.4 Å². The Morgan fingerprint density at radius 3 is 2.60 bits per heavy atom. The van der Waals surface area contributed by atoms with Crippen LogP contribution in [0.3, 0.4) is 0 Å². The van der Waals surface area contributed by atoms with Crippen molar-refractivity contribution >= 4 is 51.6 Å². The van der Waals surface area contributed by atoms with Gasteiger partial charge in [0.05, 0.1) is 49.8 Å². The number of phenols is 1. The second-order valence-corrected chi connectivity index (χ2v) is 12.9. The highest BCUT2D eigenvalue weighted by Gasteiger charge is 2.39. The van der Waals surface area contributed by atoms with E-state index in [1.807, 2.05) is 45.7 Å². The highest BCUT2D eigenvalue weighted by atomic mass is 35.5. The lowest BCUT2D eigenvalue weighted by molar-refractivity contribution is -0.127. The van der Waals surface area contributed by atoms with Crippen molar-refractivity contribution in [2.75, 3.05) is 36.5 Å². The van der Waals surface area contributed by atoms with Crippen molar-refractivity contribution in [3.8, 4) is 22.7 Å². The van der Waals surface area contributed by atoms with Crippen LogP contribution in [0.2, 0.25) is 10.0 Å². The monoisotopic (exact) mass is 647 g/mol. The maximum atomic E-state index is 14.4. The molecule has 5 heterocycles. The first-order valence-corrected chi connectivity index (χ1v) is 15.7. The number of halogens is 2. The summed E-state index contributed by atoms with van der Waals surface area (Å²) in [6, 6.07) is 6.39. The highest BCUT2D eigenvalue weighted by molar-refractivity contribution is 6.39. The fraction of sp³-hybridized carbons (Fsp3) is 0.364. The summed E-state index contributed by atoms with van der Waals surface area (Å²) < 4.78 is 1.51. The van der Waals surface area contributed by atoms with Crippen molar-refractivity contribution in [2.45, 2.75) is 52.1 Å². The molecule has 0 bridgehead atoms. The average molecular weight is 649 g/mol. The number of carbonyl (C=O) groups is 1. The second kappa shape index (κ2) is 11.7. The maximum Gasteiger partial charge on any atom is 0.355 e. The van der Waals surface area contributed by atoms with Crippen LogP contribution in [0.1, 0.15) is 44.4 Å². The van der Waals surface area contributed by atoms with Crippen LogP contribution in [0.5, 0.6) is 5.75 Å². The molecule has 1 fully saturated rings. The summed E-state index contributed by atoms with van der Waals surface area (Å²) in [4.78, 5) is 47.5. The molecule has 234 valence electrons. The van der Waals surface area contributed by atoms with Gasteiger partial charge in [0.1, 0.15) is 11.6 Å². The number of fused-ring (bicyclic) bond motifs is 2. The van der Waals surface area contributed by atoms with E-state index in [-0.39, 0.29) is 51.0 Å². The zero-order valence-corrected chi connectivity index (χ0v) is 27.4. The number of pyridine rings is 2. The van der Waals surface area contributed by atoms with E-state index in [9.17, 15) is 14.7 Å². The van der Waals surface area contributed by atoms with Gasteiger partial charge in [0.25, 0.3) is 0 Å². The Balaban J connectivity index is 1.77. The number of rotatable bonds is 4. The van der Waals surface area contributed by atoms with Crippen molar-refractivity contribution in [3.63, 3.8) is 0 Å². The number of anilines is 2. The normalized spacial score (nSPS) is 18.2. The number of hydrogen-bond donors (Lipinski definition) is 1. The van der Waals surface area contributed by atoms with E-state index in [1.165, 1.54) is 16.7 Å². The van der Waals surface area contributed by atoms with Gasteiger partial charge in [0.15, 0.2) is 5.65 Å². The molecule has 2 aliphatic heterocycles. The number of benzene rings is 1. The van der Waals surface area contributed by atoms with Gasteiger partial charge in [-0.15, -0.1) is 0 Å². The molecule has 45 heavy (non-hydrogen) atoms. The van der Waals surface area contributed by atoms with Gasteiger partial charge in [-0.3, -0.25) is 9.78 Å². The number of amides is 1. The van der Waals surface area contributed by atoms with E-state index in [0.717, 1.165) is 11.3 Å². The number of aromatic nitrogens is 4. The molecule has 4 aromatic rings. The molecule has 1 saturated heterocycles. The molecule has 12 heteroatoms. The number of aromatic hydroxyl groups is 1. The lowest BCUT2D eigenvalue weighted by Crippen LogP contribution is -2.60. The van der Waals surface area contributed by atoms with Crippen LogP contribution in [0.25, 0.3) is 28.0 Å². The predicted molar refractivity (Wildman–Crippen MR) is 179 cm³/mol. The van der Waals surface area contributed by atoms with Gasteiger partial charge in [-0.2, -0.15) is 4.98 Å². The number of nitrogens with zero attached hydrogens (tertiary/aromatic N) is 7. The molecule has 2 atom stereocenters. The SMILES string of the molecule is C=CC(=O)N1CC(C)N2c3nc(=O)n(-c4c(C)ccnc4C(C)C)c4nc(-c5c(O)cccc5Cl)c(Cl)c(c34)N(C)CCC2C1. The zero-order valence-electron chi connectivity index (χ0n) is 25.9. The Kier molecular flexibility index (Phi) is 7.99. The molecule has 0 radical (unpaired) electrons. The van der Waals surface area contributed by atoms with Crippen LogP contribution in [-0.2, 0) is 4.79 Å². The van der Waals surface area contributed by atoms with Crippen LogP contribution < -0.4 is 15.5 Å². The minimum absolute atomic E-state index is 0.0122. The lowest BCUT2D eigenvalue weighted by Gasteiger charge is -2.48. The van der Waals surface area contributed by atoms with Crippen LogP contribution in [0.4, 0.5) is 11.5 Å². The zero-order chi connectivity index (χ0) is 32.3. The standard InChI is InChI=1S/C33H35Cl2N7O3/c1-7-23(44)40-15-19(5)41-20(16-40)12-14-39(6)30-25-31(37-28(26(30)35)24-21(34)9-8-10-22(24)43)42(33(45)38-32(25)41)29-18(4)11-13-36-27(29)17(2)3/h7-11,13,17,19-20,43H,1,12,14-16H2,2-6H3. The van der Waals surface area contributed by atoms with E-state index < -0.39 is 5.69 Å². The number of carbonyl (C=O) groups excluding carboxylic acids is 1. The fourth-order valence-electron chi connectivity index (χ4n) is 6.70. The first-order chi connectivity index (χ1) is 21.4. The molecule has 6 rings (SSSR count). The smallest absolute Gasteiger partial charge is 0.355 e. The van der Waals surface area contributed by atoms with Gasteiger partial charge in [0.2, 0.25) is 5.91 Å². The Hall–Kier alpha value is -4.15. The van der Waals surface area contributed by atoms with Crippen LogP contribution in [0.15, 0.2) is 47.9 Å². The van der Waals surface area contributed by atoms with Gasteiger partial charge in [-0.1, -0.05) is 49.7 Å². The Morgan fingerprint density at radius 1 is 1.16 bits per heavy atom. The molecular weight excluding hydrogens is 613 g/mol. The van der Waals surface area contributed by atoms with Crippen molar-refractivity contribution < 1.29 is 9.90 Å². The van der Waals surface area contributed by atoms with Gasteiger partial charge in [-0.05, 0) is 56.0 Å². The third-order valence-corrected chi connectivity index (χ3v) is 9.44. The third kappa shape index (κ3) is 5.00. The molecule has 0 spiro atoms.